The van der Waals surface area contributed by atoms with E-state index >= 15 is 0 Å². The molecule has 0 N–H and O–H groups in total. The first-order chi connectivity index (χ1) is 11.7. The zero-order valence-corrected chi connectivity index (χ0v) is 14.7. The lowest BCUT2D eigenvalue weighted by atomic mass is 10.0. The molecule has 2 aromatic carbocycles. The van der Waals surface area contributed by atoms with Crippen molar-refractivity contribution in [1.29, 1.82) is 0 Å². The molecular formula is C22H21FS. The van der Waals surface area contributed by atoms with Crippen LogP contribution in [0, 0.1) is 12.7 Å². The summed E-state index contributed by atoms with van der Waals surface area (Å²) in [6.45, 7) is 2.06. The maximum atomic E-state index is 14.7. The third kappa shape index (κ3) is 3.03. The summed E-state index contributed by atoms with van der Waals surface area (Å²) in [4.78, 5) is 2.47. The summed E-state index contributed by atoms with van der Waals surface area (Å²) in [6, 6.07) is 18.1. The molecule has 1 fully saturated rings. The molecule has 3 aromatic rings. The maximum absolute atomic E-state index is 14.7. The molecule has 1 aromatic heterocycles. The Balaban J connectivity index is 1.63. The van der Waals surface area contributed by atoms with Gasteiger partial charge in [-0.25, -0.2) is 4.39 Å². The van der Waals surface area contributed by atoms with E-state index < -0.39 is 0 Å². The molecule has 0 aliphatic heterocycles. The highest BCUT2D eigenvalue weighted by Gasteiger charge is 2.19. The van der Waals surface area contributed by atoms with E-state index in [-0.39, 0.29) is 5.82 Å². The molecule has 0 spiro atoms. The van der Waals surface area contributed by atoms with Gasteiger partial charge in [0.1, 0.15) is 5.82 Å². The number of aryl methyl sites for hydroxylation is 1. The molecule has 1 aliphatic carbocycles. The number of rotatable bonds is 3. The van der Waals surface area contributed by atoms with E-state index in [1.807, 2.05) is 24.3 Å². The topological polar surface area (TPSA) is 0 Å². The van der Waals surface area contributed by atoms with Crippen molar-refractivity contribution in [2.75, 3.05) is 0 Å². The minimum absolute atomic E-state index is 0.132. The van der Waals surface area contributed by atoms with Crippen molar-refractivity contribution in [2.24, 2.45) is 0 Å². The first-order valence-electron chi connectivity index (χ1n) is 8.67. The minimum Gasteiger partial charge on any atom is -0.206 e. The van der Waals surface area contributed by atoms with Crippen molar-refractivity contribution in [3.05, 3.63) is 70.9 Å². The number of hydrogen-bond donors (Lipinski definition) is 0. The molecule has 0 unspecified atom stereocenters. The van der Waals surface area contributed by atoms with Crippen molar-refractivity contribution in [3.63, 3.8) is 0 Å². The van der Waals surface area contributed by atoms with E-state index in [0.29, 0.717) is 5.92 Å². The number of thiophene rings is 1. The van der Waals surface area contributed by atoms with Gasteiger partial charge in [-0.05, 0) is 61.1 Å². The first kappa shape index (κ1) is 15.6. The maximum Gasteiger partial charge on any atom is 0.132 e. The molecular weight excluding hydrogens is 315 g/mol. The molecule has 1 aliphatic rings. The van der Waals surface area contributed by atoms with Crippen LogP contribution in [0.25, 0.3) is 21.6 Å². The number of halogens is 1. The summed E-state index contributed by atoms with van der Waals surface area (Å²) in [5.74, 6) is 0.562. The van der Waals surface area contributed by atoms with Crippen molar-refractivity contribution >= 4 is 11.3 Å². The average Bonchev–Trinajstić information content (AvgIpc) is 3.27. The van der Waals surface area contributed by atoms with Gasteiger partial charge in [-0.15, -0.1) is 11.3 Å². The van der Waals surface area contributed by atoms with Crippen LogP contribution in [0.5, 0.6) is 0 Å². The molecule has 4 rings (SSSR count). The van der Waals surface area contributed by atoms with Gasteiger partial charge in [-0.3, -0.25) is 0 Å². The zero-order chi connectivity index (χ0) is 16.5. The molecule has 2 heteroatoms. The summed E-state index contributed by atoms with van der Waals surface area (Å²) in [5, 5.41) is 0. The van der Waals surface area contributed by atoms with Crippen molar-refractivity contribution in [3.8, 4) is 21.6 Å². The second kappa shape index (κ2) is 6.52. The second-order valence-electron chi connectivity index (χ2n) is 6.74. The second-order valence-corrected chi connectivity index (χ2v) is 7.86. The van der Waals surface area contributed by atoms with Gasteiger partial charge in [0.15, 0.2) is 0 Å². The molecule has 0 radical (unpaired) electrons. The quantitative estimate of drug-likeness (QED) is 0.475. The van der Waals surface area contributed by atoms with Crippen LogP contribution in [0.2, 0.25) is 0 Å². The number of benzene rings is 2. The van der Waals surface area contributed by atoms with Crippen LogP contribution in [-0.2, 0) is 0 Å². The lowest BCUT2D eigenvalue weighted by molar-refractivity contribution is 0.632. The molecule has 0 amide bonds. The molecule has 0 bridgehead atoms. The van der Waals surface area contributed by atoms with Crippen molar-refractivity contribution < 1.29 is 4.39 Å². The molecule has 24 heavy (non-hydrogen) atoms. The molecule has 0 atom stereocenters. The Kier molecular flexibility index (Phi) is 4.24. The molecule has 1 heterocycles. The first-order valence-corrected chi connectivity index (χ1v) is 9.49. The van der Waals surface area contributed by atoms with Crippen molar-refractivity contribution in [1.82, 2.24) is 0 Å². The smallest absolute Gasteiger partial charge is 0.132 e. The zero-order valence-electron chi connectivity index (χ0n) is 13.9. The summed E-state index contributed by atoms with van der Waals surface area (Å²) >= 11 is 1.76. The summed E-state index contributed by atoms with van der Waals surface area (Å²) in [5.41, 5.74) is 3.93. The Hall–Kier alpha value is -1.93. The standard InChI is InChI=1S/C22H21FS/c1-15-6-8-16(9-7-15)18-10-11-19(20(23)14-18)22-13-12-21(24-22)17-4-2-3-5-17/h6-14,17H,2-5H2,1H3. The predicted octanol–water partition coefficient (Wildman–Crippen LogP) is 7.19. The summed E-state index contributed by atoms with van der Waals surface area (Å²) < 4.78 is 14.7. The fourth-order valence-corrected chi connectivity index (χ4v) is 4.77. The molecule has 1 saturated carbocycles. The van der Waals surface area contributed by atoms with Crippen molar-refractivity contribution in [2.45, 2.75) is 38.5 Å². The van der Waals surface area contributed by atoms with Gasteiger partial charge in [0.05, 0.1) is 0 Å². The van der Waals surface area contributed by atoms with E-state index in [9.17, 15) is 4.39 Å². The Morgan fingerprint density at radius 3 is 2.29 bits per heavy atom. The fourth-order valence-electron chi connectivity index (χ4n) is 3.57. The average molecular weight is 336 g/mol. The predicted molar refractivity (Wildman–Crippen MR) is 101 cm³/mol. The Bertz CT molecular complexity index is 839. The summed E-state index contributed by atoms with van der Waals surface area (Å²) in [6.07, 6.45) is 5.23. The highest BCUT2D eigenvalue weighted by atomic mass is 32.1. The SMILES string of the molecule is Cc1ccc(-c2ccc(-c3ccc(C4CCCC4)s3)c(F)c2)cc1. The van der Waals surface area contributed by atoms with Gasteiger partial charge in [-0.2, -0.15) is 0 Å². The van der Waals surface area contributed by atoms with Gasteiger partial charge in [-0.1, -0.05) is 48.7 Å². The number of hydrogen-bond acceptors (Lipinski definition) is 1. The van der Waals surface area contributed by atoms with E-state index in [2.05, 4.69) is 31.2 Å². The van der Waals surface area contributed by atoms with Gasteiger partial charge in [0.25, 0.3) is 0 Å². The highest BCUT2D eigenvalue weighted by Crippen LogP contribution is 2.41. The summed E-state index contributed by atoms with van der Waals surface area (Å²) in [7, 11) is 0. The van der Waals surface area contributed by atoms with Gasteiger partial charge >= 0.3 is 0 Å². The fraction of sp³-hybridized carbons (Fsp3) is 0.273. The third-order valence-corrected chi connectivity index (χ3v) is 6.28. The van der Waals surface area contributed by atoms with E-state index in [0.717, 1.165) is 21.6 Å². The third-order valence-electron chi connectivity index (χ3n) is 5.00. The molecule has 0 nitrogen and oxygen atoms in total. The van der Waals surface area contributed by atoms with Crippen LogP contribution in [0.15, 0.2) is 54.6 Å². The van der Waals surface area contributed by atoms with Crippen LogP contribution in [0.1, 0.15) is 42.0 Å². The lowest BCUT2D eigenvalue weighted by Crippen LogP contribution is -1.86. The Labute approximate surface area is 147 Å². The highest BCUT2D eigenvalue weighted by molar-refractivity contribution is 7.15. The van der Waals surface area contributed by atoms with Crippen LogP contribution in [0.3, 0.4) is 0 Å². The monoisotopic (exact) mass is 336 g/mol. The van der Waals surface area contributed by atoms with E-state index in [1.165, 1.54) is 36.1 Å². The Morgan fingerprint density at radius 2 is 1.58 bits per heavy atom. The normalized spacial score (nSPS) is 15.1. The van der Waals surface area contributed by atoms with E-state index in [4.69, 9.17) is 0 Å². The van der Waals surface area contributed by atoms with Gasteiger partial charge < -0.3 is 0 Å². The lowest BCUT2D eigenvalue weighted by Gasteiger charge is -2.07. The van der Waals surface area contributed by atoms with Crippen LogP contribution in [-0.4, -0.2) is 0 Å². The van der Waals surface area contributed by atoms with E-state index in [1.54, 1.807) is 17.4 Å². The van der Waals surface area contributed by atoms with Crippen LogP contribution >= 0.6 is 11.3 Å². The Morgan fingerprint density at radius 1 is 0.875 bits per heavy atom. The van der Waals surface area contributed by atoms with Gasteiger partial charge in [0.2, 0.25) is 0 Å². The molecule has 0 saturated heterocycles. The largest absolute Gasteiger partial charge is 0.206 e. The van der Waals surface area contributed by atoms with Crippen LogP contribution < -0.4 is 0 Å². The minimum atomic E-state index is -0.132. The van der Waals surface area contributed by atoms with Gasteiger partial charge in [0, 0.05) is 15.3 Å². The molecule has 122 valence electrons. The van der Waals surface area contributed by atoms with Crippen LogP contribution in [0.4, 0.5) is 4.39 Å².